The van der Waals surface area contributed by atoms with Gasteiger partial charge in [0.25, 0.3) is 5.91 Å². The summed E-state index contributed by atoms with van der Waals surface area (Å²) >= 11 is 12.2. The second kappa shape index (κ2) is 9.54. The zero-order valence-corrected chi connectivity index (χ0v) is 19.2. The number of para-hydroxylation sites is 1. The summed E-state index contributed by atoms with van der Waals surface area (Å²) in [4.78, 5) is 38.2. The van der Waals surface area contributed by atoms with Crippen molar-refractivity contribution in [1.82, 2.24) is 4.68 Å². The molecule has 172 valence electrons. The Balaban J connectivity index is 1.66. The lowest BCUT2D eigenvalue weighted by Gasteiger charge is -2.14. The molecule has 4 rings (SSSR count). The number of aromatic nitrogens is 1. The van der Waals surface area contributed by atoms with Crippen molar-refractivity contribution in [2.75, 3.05) is 16.1 Å². The number of amides is 3. The monoisotopic (exact) mass is 498 g/mol. The summed E-state index contributed by atoms with van der Waals surface area (Å²) < 4.78 is 15.0. The lowest BCUT2D eigenvalue weighted by Crippen LogP contribution is -2.36. The molecule has 0 fully saturated rings. The summed E-state index contributed by atoms with van der Waals surface area (Å²) in [6.45, 7) is 1.75. The number of rotatable bonds is 4. The van der Waals surface area contributed by atoms with E-state index in [1.54, 1.807) is 43.3 Å². The fraction of sp³-hybridized carbons (Fsp3) is 0.0417. The van der Waals surface area contributed by atoms with Gasteiger partial charge in [-0.15, -0.1) is 0 Å². The Kier molecular flexibility index (Phi) is 6.54. The molecule has 3 aromatic carbocycles. The minimum Gasteiger partial charge on any atom is -0.320 e. The molecule has 10 heteroatoms. The van der Waals surface area contributed by atoms with Crippen molar-refractivity contribution in [2.45, 2.75) is 6.92 Å². The molecule has 1 aromatic heterocycles. The Morgan fingerprint density at radius 2 is 1.59 bits per heavy atom. The van der Waals surface area contributed by atoms with E-state index in [4.69, 9.17) is 23.2 Å². The third-order valence-electron chi connectivity index (χ3n) is 5.05. The fourth-order valence-corrected chi connectivity index (χ4v) is 3.65. The van der Waals surface area contributed by atoms with Gasteiger partial charge in [0.1, 0.15) is 11.5 Å². The van der Waals surface area contributed by atoms with E-state index in [9.17, 15) is 18.8 Å². The molecule has 0 aliphatic heterocycles. The number of carbonyl (C=O) groups excluding carboxylic acids is 3. The molecule has 4 aromatic rings. The molecule has 0 bridgehead atoms. The van der Waals surface area contributed by atoms with E-state index >= 15 is 0 Å². The molecule has 1 heterocycles. The second-order valence-electron chi connectivity index (χ2n) is 7.31. The van der Waals surface area contributed by atoms with Gasteiger partial charge in [-0.2, -0.15) is 0 Å². The van der Waals surface area contributed by atoms with Crippen LogP contribution in [0.5, 0.6) is 0 Å². The maximum Gasteiger partial charge on any atom is 0.328 e. The smallest absolute Gasteiger partial charge is 0.320 e. The van der Waals surface area contributed by atoms with E-state index in [0.717, 1.165) is 6.07 Å². The number of hydrogen-bond acceptors (Lipinski definition) is 3. The minimum absolute atomic E-state index is 0.0312. The van der Waals surface area contributed by atoms with E-state index in [0.29, 0.717) is 32.2 Å². The van der Waals surface area contributed by atoms with Crippen molar-refractivity contribution in [3.63, 3.8) is 0 Å². The van der Waals surface area contributed by atoms with Crippen LogP contribution in [0.15, 0.2) is 66.7 Å². The number of hydrogen-bond donors (Lipinski definition) is 3. The topological polar surface area (TPSA) is 92.2 Å². The van der Waals surface area contributed by atoms with E-state index in [1.807, 2.05) is 0 Å². The van der Waals surface area contributed by atoms with Gasteiger partial charge in [0, 0.05) is 21.1 Å². The average molecular weight is 499 g/mol. The van der Waals surface area contributed by atoms with Crippen LogP contribution in [0.4, 0.5) is 15.8 Å². The van der Waals surface area contributed by atoms with Crippen molar-refractivity contribution in [1.29, 1.82) is 0 Å². The molecule has 0 radical (unpaired) electrons. The van der Waals surface area contributed by atoms with E-state index in [2.05, 4.69) is 16.1 Å². The summed E-state index contributed by atoms with van der Waals surface area (Å²) in [6, 6.07) is 16.8. The predicted molar refractivity (Wildman–Crippen MR) is 130 cm³/mol. The largest absolute Gasteiger partial charge is 0.328 e. The number of halogens is 3. The van der Waals surface area contributed by atoms with E-state index < -0.39 is 23.5 Å². The average Bonchev–Trinajstić information content (AvgIpc) is 3.15. The van der Waals surface area contributed by atoms with Gasteiger partial charge in [-0.1, -0.05) is 41.4 Å². The van der Waals surface area contributed by atoms with E-state index in [-0.39, 0.29) is 11.4 Å². The van der Waals surface area contributed by atoms with Gasteiger partial charge in [-0.05, 0) is 61.0 Å². The van der Waals surface area contributed by atoms with Gasteiger partial charge in [0.15, 0.2) is 0 Å². The fourth-order valence-electron chi connectivity index (χ4n) is 3.30. The molecule has 34 heavy (non-hydrogen) atoms. The third-order valence-corrected chi connectivity index (χ3v) is 5.70. The van der Waals surface area contributed by atoms with Crippen LogP contribution < -0.4 is 16.1 Å². The van der Waals surface area contributed by atoms with Crippen LogP contribution >= 0.6 is 23.2 Å². The summed E-state index contributed by atoms with van der Waals surface area (Å²) in [6.07, 6.45) is 0. The number of carbonyl (C=O) groups is 3. The molecule has 3 N–H and O–H groups in total. The van der Waals surface area contributed by atoms with Crippen molar-refractivity contribution < 1.29 is 18.8 Å². The van der Waals surface area contributed by atoms with Gasteiger partial charge in [-0.25, -0.2) is 9.07 Å². The Morgan fingerprint density at radius 3 is 2.35 bits per heavy atom. The number of nitrogens with one attached hydrogen (secondary N) is 3. The molecule has 0 atom stereocenters. The molecular weight excluding hydrogens is 482 g/mol. The highest BCUT2D eigenvalue weighted by atomic mass is 35.5. The van der Waals surface area contributed by atoms with Crippen LogP contribution in [0.1, 0.15) is 16.1 Å². The quantitative estimate of drug-likeness (QED) is 0.331. The molecule has 7 nitrogen and oxygen atoms in total. The lowest BCUT2D eigenvalue weighted by molar-refractivity contribution is -0.133. The van der Waals surface area contributed by atoms with Crippen LogP contribution in [0.2, 0.25) is 10.0 Å². The predicted octanol–water partition coefficient (Wildman–Crippen LogP) is 5.36. The number of fused-ring (bicyclic) bond motifs is 1. The van der Waals surface area contributed by atoms with Crippen LogP contribution in [-0.4, -0.2) is 22.4 Å². The lowest BCUT2D eigenvalue weighted by atomic mass is 10.2. The first-order valence-corrected chi connectivity index (χ1v) is 10.7. The van der Waals surface area contributed by atoms with Crippen molar-refractivity contribution in [2.24, 2.45) is 0 Å². The van der Waals surface area contributed by atoms with Crippen LogP contribution in [0.25, 0.3) is 10.9 Å². The first-order valence-electron chi connectivity index (χ1n) is 9.99. The standard InChI is InChI=1S/C24H17Cl2FN4O3/c1-13-16(26)5-4-8-18(13)28-22(32)21-12-14-11-15(25)9-10-20(14)31(21)30-24(34)23(33)29-19-7-3-2-6-17(19)27/h2-12H,1H3,(H,28,32)(H,29,33)(H,30,34). The SMILES string of the molecule is Cc1c(Cl)cccc1NC(=O)c1cc2cc(Cl)ccc2n1NC(=O)C(=O)Nc1ccccc1F. The summed E-state index contributed by atoms with van der Waals surface area (Å²) in [7, 11) is 0. The van der Waals surface area contributed by atoms with E-state index in [1.165, 1.54) is 28.9 Å². The van der Waals surface area contributed by atoms with Gasteiger partial charge in [0.05, 0.1) is 11.2 Å². The minimum atomic E-state index is -1.11. The molecule has 0 spiro atoms. The first kappa shape index (κ1) is 23.3. The van der Waals surface area contributed by atoms with Crippen LogP contribution in [0, 0.1) is 12.7 Å². The van der Waals surface area contributed by atoms with Gasteiger partial charge in [0.2, 0.25) is 0 Å². The van der Waals surface area contributed by atoms with Crippen molar-refractivity contribution in [3.8, 4) is 0 Å². The zero-order chi connectivity index (χ0) is 24.4. The first-order chi connectivity index (χ1) is 16.2. The molecule has 0 aliphatic rings. The number of nitrogens with zero attached hydrogens (tertiary/aromatic N) is 1. The molecule has 3 amide bonds. The highest BCUT2D eigenvalue weighted by Crippen LogP contribution is 2.26. The molecule has 0 saturated carbocycles. The van der Waals surface area contributed by atoms with Gasteiger partial charge in [-0.3, -0.25) is 19.8 Å². The van der Waals surface area contributed by atoms with Gasteiger partial charge < -0.3 is 10.6 Å². The maximum atomic E-state index is 13.8. The molecule has 0 aliphatic carbocycles. The van der Waals surface area contributed by atoms with Crippen LogP contribution in [0.3, 0.4) is 0 Å². The Hall–Kier alpha value is -3.88. The normalized spacial score (nSPS) is 10.7. The van der Waals surface area contributed by atoms with Crippen molar-refractivity contribution in [3.05, 3.63) is 93.8 Å². The number of benzene rings is 3. The third kappa shape index (κ3) is 4.73. The highest BCUT2D eigenvalue weighted by Gasteiger charge is 2.22. The van der Waals surface area contributed by atoms with Crippen LogP contribution in [-0.2, 0) is 9.59 Å². The summed E-state index contributed by atoms with van der Waals surface area (Å²) in [5.41, 5.74) is 3.84. The zero-order valence-electron chi connectivity index (χ0n) is 17.7. The Morgan fingerprint density at radius 1 is 0.853 bits per heavy atom. The highest BCUT2D eigenvalue weighted by molar-refractivity contribution is 6.42. The summed E-state index contributed by atoms with van der Waals surface area (Å²) in [5.74, 6) is -3.48. The van der Waals surface area contributed by atoms with Gasteiger partial charge >= 0.3 is 11.8 Å². The maximum absolute atomic E-state index is 13.8. The Labute approximate surface area is 203 Å². The second-order valence-corrected chi connectivity index (χ2v) is 8.15. The summed E-state index contributed by atoms with van der Waals surface area (Å²) in [5, 5.41) is 6.41. The molecule has 0 unspecified atom stereocenters. The Bertz CT molecular complexity index is 1450. The van der Waals surface area contributed by atoms with Crippen molar-refractivity contribution >= 4 is 63.2 Å². The molecule has 0 saturated heterocycles. The number of anilines is 2. The molecular formula is C24H17Cl2FN4O3.